The van der Waals surface area contributed by atoms with Crippen LogP contribution in [0.4, 0.5) is 5.69 Å². The molecule has 0 saturated carbocycles. The smallest absolute Gasteiger partial charge is 0.291 e. The van der Waals surface area contributed by atoms with Crippen LogP contribution in [0.5, 0.6) is 0 Å². The van der Waals surface area contributed by atoms with E-state index in [2.05, 4.69) is 21.2 Å². The van der Waals surface area contributed by atoms with Crippen LogP contribution in [0.3, 0.4) is 0 Å². The highest BCUT2D eigenvalue weighted by Crippen LogP contribution is 2.30. The molecule has 2 heterocycles. The lowest BCUT2D eigenvalue weighted by molar-refractivity contribution is 0.0995. The molecule has 0 atom stereocenters. The fourth-order valence-corrected chi connectivity index (χ4v) is 3.93. The third-order valence-corrected chi connectivity index (χ3v) is 5.63. The number of furan rings is 2. The summed E-state index contributed by atoms with van der Waals surface area (Å²) >= 11 is 3.41. The zero-order chi connectivity index (χ0) is 21.5. The number of carbonyl (C=O) groups is 2. The Morgan fingerprint density at radius 2 is 1.65 bits per heavy atom. The van der Waals surface area contributed by atoms with Crippen LogP contribution in [0.15, 0.2) is 86.1 Å². The van der Waals surface area contributed by atoms with E-state index in [1.165, 1.54) is 0 Å². The number of carbonyl (C=O) groups excluding carboxylic acids is 2. The number of nitrogens with one attached hydrogen (secondary N) is 1. The molecule has 0 spiro atoms. The molecule has 0 radical (unpaired) electrons. The van der Waals surface area contributed by atoms with Crippen molar-refractivity contribution in [2.75, 3.05) is 5.32 Å². The van der Waals surface area contributed by atoms with Crippen molar-refractivity contribution in [1.82, 2.24) is 0 Å². The van der Waals surface area contributed by atoms with Gasteiger partial charge in [0.25, 0.3) is 5.91 Å². The molecule has 5 nitrogen and oxygen atoms in total. The van der Waals surface area contributed by atoms with Gasteiger partial charge >= 0.3 is 0 Å². The second-order valence-corrected chi connectivity index (χ2v) is 8.12. The maximum Gasteiger partial charge on any atom is 0.291 e. The molecule has 0 bridgehead atoms. The summed E-state index contributed by atoms with van der Waals surface area (Å²) in [5, 5.41) is 4.46. The minimum Gasteiger partial charge on any atom is -0.452 e. The molecule has 0 fully saturated rings. The average molecular weight is 474 g/mol. The van der Waals surface area contributed by atoms with Gasteiger partial charge in [0.15, 0.2) is 11.5 Å². The van der Waals surface area contributed by atoms with Crippen molar-refractivity contribution in [3.05, 3.63) is 99.9 Å². The first kappa shape index (κ1) is 19.3. The van der Waals surface area contributed by atoms with Crippen molar-refractivity contribution in [3.63, 3.8) is 0 Å². The highest BCUT2D eigenvalue weighted by atomic mass is 79.9. The fourth-order valence-electron chi connectivity index (χ4n) is 3.55. The zero-order valence-electron chi connectivity index (χ0n) is 16.4. The van der Waals surface area contributed by atoms with E-state index >= 15 is 0 Å². The van der Waals surface area contributed by atoms with E-state index in [1.54, 1.807) is 36.4 Å². The summed E-state index contributed by atoms with van der Waals surface area (Å²) in [4.78, 5) is 25.5. The van der Waals surface area contributed by atoms with Gasteiger partial charge in [0.1, 0.15) is 11.2 Å². The number of benzene rings is 3. The fraction of sp³-hybridized carbons (Fsp3) is 0.0400. The summed E-state index contributed by atoms with van der Waals surface area (Å²) < 4.78 is 12.4. The van der Waals surface area contributed by atoms with Gasteiger partial charge in [-0.1, -0.05) is 46.3 Å². The van der Waals surface area contributed by atoms with Crippen LogP contribution in [-0.2, 0) is 0 Å². The second-order valence-electron chi connectivity index (χ2n) is 7.21. The molecular formula is C25H16BrNO4. The van der Waals surface area contributed by atoms with Gasteiger partial charge in [-0.05, 0) is 49.4 Å². The van der Waals surface area contributed by atoms with Crippen molar-refractivity contribution in [1.29, 1.82) is 0 Å². The number of ketones is 1. The molecule has 2 aromatic heterocycles. The number of aryl methyl sites for hydroxylation is 1. The number of anilines is 1. The molecular weight excluding hydrogens is 458 g/mol. The minimum atomic E-state index is -0.353. The van der Waals surface area contributed by atoms with E-state index in [9.17, 15) is 9.59 Å². The number of rotatable bonds is 4. The standard InChI is InChI=1S/C25H16BrNO4/c1-14-19-13-18(27-25(29)22-12-16-11-17(26)7-9-20(16)30-22)8-10-21(19)31-24(14)23(28)15-5-3-2-4-6-15/h2-13H,1H3,(H,27,29). The monoisotopic (exact) mass is 473 g/mol. The summed E-state index contributed by atoms with van der Waals surface area (Å²) in [5.74, 6) is -0.00803. The van der Waals surface area contributed by atoms with Gasteiger partial charge in [-0.3, -0.25) is 9.59 Å². The largest absolute Gasteiger partial charge is 0.452 e. The van der Waals surface area contributed by atoms with Crippen molar-refractivity contribution >= 4 is 55.2 Å². The predicted molar refractivity (Wildman–Crippen MR) is 123 cm³/mol. The van der Waals surface area contributed by atoms with Crippen LogP contribution < -0.4 is 5.32 Å². The molecule has 0 aliphatic rings. The van der Waals surface area contributed by atoms with Gasteiger partial charge in [-0.2, -0.15) is 0 Å². The van der Waals surface area contributed by atoms with Crippen LogP contribution in [0, 0.1) is 6.92 Å². The van der Waals surface area contributed by atoms with Crippen LogP contribution in [0.2, 0.25) is 0 Å². The minimum absolute atomic E-state index is 0.173. The Morgan fingerprint density at radius 1 is 0.871 bits per heavy atom. The number of hydrogen-bond acceptors (Lipinski definition) is 4. The maximum atomic E-state index is 12.8. The third-order valence-electron chi connectivity index (χ3n) is 5.14. The van der Waals surface area contributed by atoms with Crippen LogP contribution >= 0.6 is 15.9 Å². The highest BCUT2D eigenvalue weighted by Gasteiger charge is 2.20. The average Bonchev–Trinajstić information content (AvgIpc) is 3.35. The van der Waals surface area contributed by atoms with E-state index in [0.29, 0.717) is 28.2 Å². The lowest BCUT2D eigenvalue weighted by Crippen LogP contribution is -2.10. The van der Waals surface area contributed by atoms with Crippen molar-refractivity contribution in [2.24, 2.45) is 0 Å². The summed E-state index contributed by atoms with van der Waals surface area (Å²) in [6.45, 7) is 1.84. The van der Waals surface area contributed by atoms with E-state index in [4.69, 9.17) is 8.83 Å². The molecule has 1 amide bonds. The van der Waals surface area contributed by atoms with E-state index in [-0.39, 0.29) is 17.5 Å². The van der Waals surface area contributed by atoms with Gasteiger partial charge in [0.05, 0.1) is 0 Å². The molecule has 0 aliphatic heterocycles. The van der Waals surface area contributed by atoms with E-state index < -0.39 is 0 Å². The Labute approximate surface area is 185 Å². The molecule has 0 unspecified atom stereocenters. The first-order chi connectivity index (χ1) is 15.0. The van der Waals surface area contributed by atoms with Gasteiger partial charge in [-0.15, -0.1) is 0 Å². The molecule has 6 heteroatoms. The van der Waals surface area contributed by atoms with Crippen molar-refractivity contribution in [2.45, 2.75) is 6.92 Å². The van der Waals surface area contributed by atoms with Crippen LogP contribution in [0.1, 0.15) is 32.2 Å². The number of hydrogen-bond donors (Lipinski definition) is 1. The summed E-state index contributed by atoms with van der Waals surface area (Å²) in [6, 6.07) is 21.5. The molecule has 5 aromatic rings. The lowest BCUT2D eigenvalue weighted by atomic mass is 10.0. The van der Waals surface area contributed by atoms with Gasteiger partial charge in [0, 0.05) is 32.1 Å². The first-order valence-electron chi connectivity index (χ1n) is 9.63. The normalized spacial score (nSPS) is 11.2. The quantitative estimate of drug-likeness (QED) is 0.293. The third kappa shape index (κ3) is 3.55. The lowest BCUT2D eigenvalue weighted by Gasteiger charge is -2.03. The Hall–Kier alpha value is -3.64. The molecule has 0 saturated heterocycles. The van der Waals surface area contributed by atoms with Crippen LogP contribution in [0.25, 0.3) is 21.9 Å². The zero-order valence-corrected chi connectivity index (χ0v) is 18.0. The van der Waals surface area contributed by atoms with Gasteiger partial charge < -0.3 is 14.2 Å². The summed E-state index contributed by atoms with van der Waals surface area (Å²) in [6.07, 6.45) is 0. The molecule has 152 valence electrons. The number of fused-ring (bicyclic) bond motifs is 2. The SMILES string of the molecule is Cc1c(C(=O)c2ccccc2)oc2ccc(NC(=O)c3cc4cc(Br)ccc4o3)cc12. The second kappa shape index (κ2) is 7.56. The molecule has 3 aromatic carbocycles. The molecule has 31 heavy (non-hydrogen) atoms. The Bertz CT molecular complexity index is 1460. The van der Waals surface area contributed by atoms with E-state index in [0.717, 1.165) is 20.8 Å². The molecule has 0 aliphatic carbocycles. The van der Waals surface area contributed by atoms with E-state index in [1.807, 2.05) is 43.3 Å². The summed E-state index contributed by atoms with van der Waals surface area (Å²) in [5.41, 5.74) is 3.10. The Balaban J connectivity index is 1.44. The molecule has 1 N–H and O–H groups in total. The van der Waals surface area contributed by atoms with Crippen molar-refractivity contribution in [3.8, 4) is 0 Å². The van der Waals surface area contributed by atoms with Crippen LogP contribution in [-0.4, -0.2) is 11.7 Å². The predicted octanol–water partition coefficient (Wildman–Crippen LogP) is 6.73. The number of amides is 1. The first-order valence-corrected chi connectivity index (χ1v) is 10.4. The molecule has 5 rings (SSSR count). The topological polar surface area (TPSA) is 72.5 Å². The highest BCUT2D eigenvalue weighted by molar-refractivity contribution is 9.10. The maximum absolute atomic E-state index is 12.8. The van der Waals surface area contributed by atoms with Gasteiger partial charge in [-0.25, -0.2) is 0 Å². The van der Waals surface area contributed by atoms with Crippen molar-refractivity contribution < 1.29 is 18.4 Å². The summed E-state index contributed by atoms with van der Waals surface area (Å²) in [7, 11) is 0. The Kier molecular flexibility index (Phi) is 4.71. The van der Waals surface area contributed by atoms with Gasteiger partial charge in [0.2, 0.25) is 5.78 Å². The number of halogens is 1. The Morgan fingerprint density at radius 3 is 2.45 bits per heavy atom.